The molecule has 0 fully saturated rings. The number of hydrogen-bond donors (Lipinski definition) is 0. The maximum atomic E-state index is 15.3. The first kappa shape index (κ1) is 44.5. The van der Waals surface area contributed by atoms with Crippen LogP contribution in [0.1, 0.15) is 72.2 Å². The van der Waals surface area contributed by atoms with Crippen LogP contribution in [0, 0.1) is 62.5 Å². The summed E-state index contributed by atoms with van der Waals surface area (Å²) in [6.45, 7) is 23.9. The zero-order valence-electron chi connectivity index (χ0n) is 36.3. The summed E-state index contributed by atoms with van der Waals surface area (Å²) in [6, 6.07) is 32.5. The van der Waals surface area contributed by atoms with Gasteiger partial charge in [0.15, 0.2) is 37.3 Å². The van der Waals surface area contributed by atoms with Crippen molar-refractivity contribution in [1.82, 2.24) is 0 Å². The van der Waals surface area contributed by atoms with Crippen LogP contribution in [0.2, 0.25) is 0 Å². The summed E-state index contributed by atoms with van der Waals surface area (Å²) in [5, 5.41) is 4.95. The van der Waals surface area contributed by atoms with Gasteiger partial charge in [-0.3, -0.25) is 0 Å². The quantitative estimate of drug-likeness (QED) is 0.122. The monoisotopic (exact) mass is 1060 g/mol. The molecule has 0 saturated heterocycles. The Kier molecular flexibility index (Phi) is 12.1. The molecule has 10 heteroatoms. The Hall–Kier alpha value is -3.56. The largest absolute Gasteiger partial charge is 0.449 e. The molecule has 0 aromatic heterocycles. The van der Waals surface area contributed by atoms with E-state index in [1.165, 1.54) is 0 Å². The summed E-state index contributed by atoms with van der Waals surface area (Å²) in [5.41, 5.74) is 8.57. The van der Waals surface area contributed by atoms with Gasteiger partial charge < -0.3 is 28.1 Å². The second kappa shape index (κ2) is 16.3. The number of halogens is 2. The van der Waals surface area contributed by atoms with Crippen LogP contribution in [-0.2, 0) is 9.13 Å². The minimum atomic E-state index is -3.17. The zero-order valence-corrected chi connectivity index (χ0v) is 42.4. The van der Waals surface area contributed by atoms with Crippen molar-refractivity contribution in [3.05, 3.63) is 149 Å². The lowest BCUT2D eigenvalue weighted by Crippen LogP contribution is -2.30. The molecular formula is C50H52I2O6P2. The van der Waals surface area contributed by atoms with E-state index in [1.54, 1.807) is 0 Å². The normalized spacial score (nSPS) is 14.8. The Balaban J connectivity index is 0.000000182. The average Bonchev–Trinajstić information content (AvgIpc) is 3.69. The first-order valence-corrected chi connectivity index (χ1v) is 25.6. The minimum absolute atomic E-state index is 0.685. The molecular weight excluding hydrogens is 1010 g/mol. The topological polar surface area (TPSA) is 71.1 Å². The van der Waals surface area contributed by atoms with E-state index in [0.29, 0.717) is 11.5 Å². The molecule has 0 amide bonds. The van der Waals surface area contributed by atoms with Gasteiger partial charge in [0.1, 0.15) is 0 Å². The SMILES string of the molecule is Cc1cc(C)cc(P(=O)(c2cc(C)cc(C)c2)c2cc(C)c3c(c2I)OC(C)(C)O3)c1.Cc1ccc(P(=O)(c2ccc(C)cc2)c2cc(C)c3c(c2I)OC(C)(C)O3)cc1. The number of hydrogen-bond acceptors (Lipinski definition) is 6. The fraction of sp³-hybridized carbons (Fsp3) is 0.280. The number of rotatable bonds is 6. The van der Waals surface area contributed by atoms with Crippen molar-refractivity contribution in [3.63, 3.8) is 0 Å². The molecule has 0 saturated carbocycles. The van der Waals surface area contributed by atoms with Crippen LogP contribution >= 0.6 is 59.5 Å². The summed E-state index contributed by atoms with van der Waals surface area (Å²) in [7, 11) is -6.26. The predicted octanol–water partition coefficient (Wildman–Crippen LogP) is 11.3. The van der Waals surface area contributed by atoms with E-state index in [1.807, 2.05) is 116 Å². The van der Waals surface area contributed by atoms with Crippen molar-refractivity contribution in [2.45, 2.75) is 94.7 Å². The fourth-order valence-corrected chi connectivity index (χ4v) is 17.0. The Bertz CT molecular complexity index is 2630. The summed E-state index contributed by atoms with van der Waals surface area (Å²) in [4.78, 5) is 0. The lowest BCUT2D eigenvalue weighted by atomic mass is 10.2. The Labute approximate surface area is 382 Å². The van der Waals surface area contributed by atoms with E-state index < -0.39 is 25.9 Å². The first-order valence-electron chi connectivity index (χ1n) is 20.0. The van der Waals surface area contributed by atoms with Crippen molar-refractivity contribution in [1.29, 1.82) is 0 Å². The van der Waals surface area contributed by atoms with Crippen molar-refractivity contribution in [3.8, 4) is 23.0 Å². The van der Waals surface area contributed by atoms with Crippen LogP contribution in [-0.4, -0.2) is 11.6 Å². The third-order valence-electron chi connectivity index (χ3n) is 10.7. The standard InChI is InChI=1S/C26H28IO3P.C24H24IO3P/c1-15-8-16(2)11-20(10-15)31(28,21-12-17(3)9-18(4)13-21)22-14-19(5)24-25(23(22)27)30-26(6,7)29-24;1-15-6-10-18(11-7-15)29(26,19-12-8-16(2)9-13-19)20-14-17(3)22-23(21(20)25)28-24(4,5)27-22/h8-14H,1-7H3;6-14H,1-5H3. The summed E-state index contributed by atoms with van der Waals surface area (Å²) in [5.74, 6) is 1.38. The molecule has 0 unspecified atom stereocenters. The molecule has 0 aliphatic carbocycles. The lowest BCUT2D eigenvalue weighted by Gasteiger charge is -2.24. The minimum Gasteiger partial charge on any atom is -0.449 e. The molecule has 2 aliphatic rings. The molecule has 0 N–H and O–H groups in total. The average molecular weight is 1060 g/mol. The van der Waals surface area contributed by atoms with E-state index >= 15 is 4.57 Å². The summed E-state index contributed by atoms with van der Waals surface area (Å²) in [6.07, 6.45) is 0. The molecule has 2 aliphatic heterocycles. The number of benzene rings is 6. The maximum Gasteiger partial charge on any atom is 0.246 e. The molecule has 60 heavy (non-hydrogen) atoms. The van der Waals surface area contributed by atoms with Crippen molar-refractivity contribution >= 4 is 91.3 Å². The van der Waals surface area contributed by atoms with Crippen LogP contribution in [0.5, 0.6) is 23.0 Å². The number of fused-ring (bicyclic) bond motifs is 2. The molecule has 312 valence electrons. The van der Waals surface area contributed by atoms with Gasteiger partial charge >= 0.3 is 0 Å². The van der Waals surface area contributed by atoms with Crippen LogP contribution in [0.25, 0.3) is 0 Å². The van der Waals surface area contributed by atoms with Crippen molar-refractivity contribution in [2.75, 3.05) is 0 Å². The van der Waals surface area contributed by atoms with E-state index in [2.05, 4.69) is 109 Å². The third kappa shape index (κ3) is 8.35. The second-order valence-electron chi connectivity index (χ2n) is 17.2. The molecule has 6 aromatic carbocycles. The lowest BCUT2D eigenvalue weighted by molar-refractivity contribution is -0.0442. The smallest absolute Gasteiger partial charge is 0.246 e. The van der Waals surface area contributed by atoms with Crippen molar-refractivity contribution in [2.24, 2.45) is 0 Å². The van der Waals surface area contributed by atoms with Crippen LogP contribution in [0.3, 0.4) is 0 Å². The van der Waals surface area contributed by atoms with Gasteiger partial charge in [-0.05, 0) is 148 Å². The van der Waals surface area contributed by atoms with Crippen molar-refractivity contribution < 1.29 is 28.1 Å². The molecule has 6 nitrogen and oxygen atoms in total. The van der Waals surface area contributed by atoms with Gasteiger partial charge in [-0.1, -0.05) is 94.0 Å². The second-order valence-corrected chi connectivity index (χ2v) is 24.8. The highest BCUT2D eigenvalue weighted by molar-refractivity contribution is 14.1. The van der Waals surface area contributed by atoms with E-state index in [9.17, 15) is 4.57 Å². The number of ether oxygens (including phenoxy) is 4. The molecule has 8 rings (SSSR count). The highest BCUT2D eigenvalue weighted by atomic mass is 127. The van der Waals surface area contributed by atoms with E-state index in [4.69, 9.17) is 18.9 Å². The molecule has 6 aromatic rings. The van der Waals surface area contributed by atoms with E-state index in [-0.39, 0.29) is 0 Å². The van der Waals surface area contributed by atoms with Crippen LogP contribution in [0.15, 0.2) is 97.1 Å². The highest BCUT2D eigenvalue weighted by Gasteiger charge is 2.42. The predicted molar refractivity (Wildman–Crippen MR) is 266 cm³/mol. The van der Waals surface area contributed by atoms with Gasteiger partial charge in [0.05, 0.1) is 7.14 Å². The first-order chi connectivity index (χ1) is 28.0. The fourth-order valence-electron chi connectivity index (χ4n) is 8.01. The summed E-state index contributed by atoms with van der Waals surface area (Å²) >= 11 is 4.53. The number of aryl methyl sites for hydroxylation is 8. The maximum absolute atomic E-state index is 15.3. The van der Waals surface area contributed by atoms with Gasteiger partial charge in [0, 0.05) is 59.5 Å². The molecule has 0 radical (unpaired) electrons. The molecule has 0 atom stereocenters. The molecule has 2 heterocycles. The van der Waals surface area contributed by atoms with Crippen LogP contribution < -0.4 is 50.8 Å². The Morgan fingerprint density at radius 3 is 0.983 bits per heavy atom. The summed E-state index contributed by atoms with van der Waals surface area (Å²) < 4.78 is 56.1. The highest BCUT2D eigenvalue weighted by Crippen LogP contribution is 2.53. The van der Waals surface area contributed by atoms with Gasteiger partial charge in [-0.25, -0.2) is 0 Å². The van der Waals surface area contributed by atoms with E-state index in [0.717, 1.165) is 95.0 Å². The Morgan fingerprint density at radius 2 is 0.667 bits per heavy atom. The molecule has 0 bridgehead atoms. The van der Waals surface area contributed by atoms with Crippen LogP contribution in [0.4, 0.5) is 0 Å². The van der Waals surface area contributed by atoms with Gasteiger partial charge in [0.25, 0.3) is 0 Å². The third-order valence-corrected chi connectivity index (χ3v) is 19.8. The van der Waals surface area contributed by atoms with Gasteiger partial charge in [-0.15, -0.1) is 0 Å². The van der Waals surface area contributed by atoms with Gasteiger partial charge in [0.2, 0.25) is 11.6 Å². The molecule has 0 spiro atoms. The zero-order chi connectivity index (χ0) is 43.7. The Morgan fingerprint density at radius 1 is 0.383 bits per heavy atom. The van der Waals surface area contributed by atoms with Gasteiger partial charge in [-0.2, -0.15) is 0 Å².